The lowest BCUT2D eigenvalue weighted by atomic mass is 10.0. The fourth-order valence-corrected chi connectivity index (χ4v) is 4.47. The molecule has 33 heavy (non-hydrogen) atoms. The quantitative estimate of drug-likeness (QED) is 0.399. The molecule has 0 radical (unpaired) electrons. The second kappa shape index (κ2) is 9.24. The van der Waals surface area contributed by atoms with Crippen LogP contribution >= 0.6 is 0 Å². The highest BCUT2D eigenvalue weighted by molar-refractivity contribution is 6.06. The third kappa shape index (κ3) is 4.18. The van der Waals surface area contributed by atoms with E-state index in [4.69, 9.17) is 4.98 Å². The van der Waals surface area contributed by atoms with Gasteiger partial charge < -0.3 is 19.8 Å². The summed E-state index contributed by atoms with van der Waals surface area (Å²) < 4.78 is 1.98. The maximum atomic E-state index is 13.2. The topological polar surface area (TPSA) is 66.0 Å². The zero-order valence-electron chi connectivity index (χ0n) is 20.4. The van der Waals surface area contributed by atoms with Crippen molar-refractivity contribution in [2.45, 2.75) is 34.6 Å². The van der Waals surface area contributed by atoms with Gasteiger partial charge in [-0.1, -0.05) is 44.2 Å². The van der Waals surface area contributed by atoms with Gasteiger partial charge in [-0.25, -0.2) is 4.98 Å². The number of nitrogens with zero attached hydrogens (tertiary/aromatic N) is 3. The van der Waals surface area contributed by atoms with E-state index < -0.39 is 0 Å². The first kappa shape index (κ1) is 22.8. The van der Waals surface area contributed by atoms with Gasteiger partial charge in [0.15, 0.2) is 0 Å². The molecule has 6 nitrogen and oxygen atoms in total. The maximum Gasteiger partial charge on any atom is 0.258 e. The van der Waals surface area contributed by atoms with Crippen LogP contribution in [-0.2, 0) is 7.05 Å². The molecule has 0 atom stereocenters. The highest BCUT2D eigenvalue weighted by Gasteiger charge is 2.17. The minimum Gasteiger partial charge on any atom is -0.325 e. The van der Waals surface area contributed by atoms with Gasteiger partial charge in [-0.05, 0) is 68.1 Å². The average molecular weight is 444 g/mol. The fraction of sp³-hybridized carbons (Fsp3) is 0.333. The molecular weight excluding hydrogens is 410 g/mol. The van der Waals surface area contributed by atoms with Crippen LogP contribution in [0.3, 0.4) is 0 Å². The van der Waals surface area contributed by atoms with Gasteiger partial charge in [-0.3, -0.25) is 4.79 Å². The number of aromatic nitrogens is 3. The number of fused-ring (bicyclic) bond motifs is 3. The van der Waals surface area contributed by atoms with Crippen LogP contribution in [0.4, 0.5) is 11.6 Å². The summed E-state index contributed by atoms with van der Waals surface area (Å²) in [6.45, 7) is 13.4. The lowest BCUT2D eigenvalue weighted by Crippen LogP contribution is -2.22. The van der Waals surface area contributed by atoms with Crippen molar-refractivity contribution >= 4 is 39.5 Å². The summed E-state index contributed by atoms with van der Waals surface area (Å²) in [5, 5.41) is 5.11. The van der Waals surface area contributed by atoms with E-state index in [0.717, 1.165) is 70.1 Å². The van der Waals surface area contributed by atoms with E-state index in [1.165, 1.54) is 0 Å². The summed E-state index contributed by atoms with van der Waals surface area (Å²) in [6.07, 6.45) is 4.14. The molecule has 2 heterocycles. The molecular formula is C27H33N5O. The molecule has 0 saturated heterocycles. The predicted octanol–water partition coefficient (Wildman–Crippen LogP) is 5.44. The summed E-state index contributed by atoms with van der Waals surface area (Å²) in [5.74, 6) is 0.718. The number of benzene rings is 2. The Balaban J connectivity index is 1.81. The van der Waals surface area contributed by atoms with Crippen molar-refractivity contribution in [3.63, 3.8) is 0 Å². The third-order valence-electron chi connectivity index (χ3n) is 6.58. The number of anilines is 2. The van der Waals surface area contributed by atoms with Gasteiger partial charge in [0.25, 0.3) is 5.56 Å². The monoisotopic (exact) mass is 443 g/mol. The molecule has 0 aliphatic heterocycles. The van der Waals surface area contributed by atoms with Gasteiger partial charge in [-0.2, -0.15) is 0 Å². The smallest absolute Gasteiger partial charge is 0.258 e. The highest BCUT2D eigenvalue weighted by atomic mass is 16.1. The molecule has 6 heteroatoms. The Morgan fingerprint density at radius 1 is 1.09 bits per heavy atom. The Labute approximate surface area is 195 Å². The number of hydrogen-bond donors (Lipinski definition) is 2. The summed E-state index contributed by atoms with van der Waals surface area (Å²) >= 11 is 0. The van der Waals surface area contributed by atoms with Crippen LogP contribution in [0.5, 0.6) is 0 Å². The van der Waals surface area contributed by atoms with Gasteiger partial charge in [-0.15, -0.1) is 0 Å². The molecule has 0 bridgehead atoms. The molecule has 0 amide bonds. The Kier molecular flexibility index (Phi) is 6.38. The molecule has 0 spiro atoms. The van der Waals surface area contributed by atoms with Crippen molar-refractivity contribution in [1.82, 2.24) is 19.4 Å². The minimum absolute atomic E-state index is 0.0923. The second-order valence-corrected chi connectivity index (χ2v) is 8.62. The van der Waals surface area contributed by atoms with Crippen LogP contribution < -0.4 is 10.9 Å². The lowest BCUT2D eigenvalue weighted by molar-refractivity contribution is 0.338. The van der Waals surface area contributed by atoms with Crippen molar-refractivity contribution in [1.29, 1.82) is 0 Å². The number of H-pyrrole nitrogens is 1. The number of hydrogen-bond acceptors (Lipinski definition) is 4. The Hall–Kier alpha value is -3.38. The molecule has 0 saturated carbocycles. The van der Waals surface area contributed by atoms with E-state index in [1.54, 1.807) is 0 Å². The maximum absolute atomic E-state index is 13.2. The van der Waals surface area contributed by atoms with E-state index in [9.17, 15) is 4.79 Å². The van der Waals surface area contributed by atoms with Crippen LogP contribution in [0.1, 0.15) is 36.2 Å². The number of pyridine rings is 1. The lowest BCUT2D eigenvalue weighted by Gasteiger charge is -2.15. The van der Waals surface area contributed by atoms with E-state index in [2.05, 4.69) is 74.1 Å². The van der Waals surface area contributed by atoms with Gasteiger partial charge in [0.1, 0.15) is 0 Å². The molecule has 2 aromatic heterocycles. The van der Waals surface area contributed by atoms with Gasteiger partial charge in [0.05, 0.1) is 16.4 Å². The second-order valence-electron chi connectivity index (χ2n) is 8.62. The number of nitrogens with one attached hydrogen (secondary N) is 2. The molecule has 0 aliphatic rings. The number of likely N-dealkylation sites (N-methyl/N-ethyl adjacent to an activating group) is 1. The zero-order valence-corrected chi connectivity index (χ0v) is 20.4. The Morgan fingerprint density at radius 3 is 2.45 bits per heavy atom. The number of rotatable bonds is 7. The van der Waals surface area contributed by atoms with Crippen molar-refractivity contribution in [2.75, 3.05) is 25.0 Å². The molecule has 172 valence electrons. The van der Waals surface area contributed by atoms with Crippen LogP contribution in [-0.4, -0.2) is 39.1 Å². The third-order valence-corrected chi connectivity index (χ3v) is 6.58. The van der Waals surface area contributed by atoms with E-state index in [0.29, 0.717) is 5.39 Å². The van der Waals surface area contributed by atoms with Gasteiger partial charge in [0.2, 0.25) is 5.95 Å². The zero-order chi connectivity index (χ0) is 23.7. The number of imidazole rings is 1. The van der Waals surface area contributed by atoms with Crippen LogP contribution in [0, 0.1) is 20.8 Å². The first-order chi connectivity index (χ1) is 15.8. The molecule has 0 unspecified atom stereocenters. The number of aromatic amines is 1. The first-order valence-electron chi connectivity index (χ1n) is 11.6. The summed E-state index contributed by atoms with van der Waals surface area (Å²) in [5.41, 5.74) is 6.82. The van der Waals surface area contributed by atoms with Gasteiger partial charge in [0, 0.05) is 25.0 Å². The predicted molar refractivity (Wildman–Crippen MR) is 140 cm³/mol. The minimum atomic E-state index is -0.0923. The average Bonchev–Trinajstić information content (AvgIpc) is 3.12. The summed E-state index contributed by atoms with van der Waals surface area (Å²) in [7, 11) is 1.96. The SMILES string of the molecule is CCN(CC)C/C=C/c1[nH]c(=O)c2c(ccc3nc(Nc4c(C)cccc4C)n(C)c32)c1C. The molecule has 2 aromatic carbocycles. The van der Waals surface area contributed by atoms with E-state index in [1.807, 2.05) is 29.8 Å². The first-order valence-corrected chi connectivity index (χ1v) is 11.6. The van der Waals surface area contributed by atoms with E-state index in [-0.39, 0.29) is 5.56 Å². The van der Waals surface area contributed by atoms with Crippen molar-refractivity contribution in [3.8, 4) is 0 Å². The summed E-state index contributed by atoms with van der Waals surface area (Å²) in [4.78, 5) is 23.5. The summed E-state index contributed by atoms with van der Waals surface area (Å²) in [6, 6.07) is 10.2. The van der Waals surface area contributed by atoms with E-state index >= 15 is 0 Å². The van der Waals surface area contributed by atoms with Crippen LogP contribution in [0.25, 0.3) is 27.9 Å². The Morgan fingerprint density at radius 2 is 1.79 bits per heavy atom. The van der Waals surface area contributed by atoms with Crippen molar-refractivity contribution in [2.24, 2.45) is 7.05 Å². The molecule has 4 aromatic rings. The molecule has 2 N–H and O–H groups in total. The Bertz CT molecular complexity index is 1390. The van der Waals surface area contributed by atoms with Crippen molar-refractivity contribution < 1.29 is 0 Å². The number of para-hydroxylation sites is 1. The van der Waals surface area contributed by atoms with Crippen LogP contribution in [0.2, 0.25) is 0 Å². The molecule has 0 fully saturated rings. The fourth-order valence-electron chi connectivity index (χ4n) is 4.47. The van der Waals surface area contributed by atoms with Crippen LogP contribution in [0.15, 0.2) is 41.2 Å². The molecule has 0 aliphatic carbocycles. The number of aryl methyl sites for hydroxylation is 4. The highest BCUT2D eigenvalue weighted by Crippen LogP contribution is 2.30. The standard InChI is InChI=1S/C27H33N5O/c1-7-32(8-2)16-10-13-21-19(5)20-14-15-22-25(23(20)26(33)28-21)31(6)27(29-22)30-24-17(3)11-9-12-18(24)4/h9-15H,7-8,16H2,1-6H3,(H,28,33)(H,29,30)/b13-10+. The van der Waals surface area contributed by atoms with Gasteiger partial charge >= 0.3 is 0 Å². The normalized spacial score (nSPS) is 12.0. The largest absolute Gasteiger partial charge is 0.325 e. The van der Waals surface area contributed by atoms with Crippen molar-refractivity contribution in [3.05, 3.63) is 69.1 Å². The molecule has 4 rings (SSSR count).